The summed E-state index contributed by atoms with van der Waals surface area (Å²) < 4.78 is 2.57. The lowest BCUT2D eigenvalue weighted by atomic mass is 9.95. The Hall–Kier alpha value is -1.28. The molecule has 2 heteroatoms. The van der Waals surface area contributed by atoms with Crippen LogP contribution in [0.2, 0.25) is 0 Å². The van der Waals surface area contributed by atoms with Crippen LogP contribution in [-0.2, 0) is 19.4 Å². The van der Waals surface area contributed by atoms with Gasteiger partial charge in [0, 0.05) is 23.1 Å². The number of aryl methyl sites for hydroxylation is 2. The molecular weight excluding hydrogens is 220 g/mol. The van der Waals surface area contributed by atoms with E-state index < -0.39 is 0 Å². The minimum absolute atomic E-state index is 1.10. The quantitative estimate of drug-likeness (QED) is 0.815. The van der Waals surface area contributed by atoms with Crippen LogP contribution in [0.25, 0.3) is 10.9 Å². The van der Waals surface area contributed by atoms with E-state index >= 15 is 0 Å². The van der Waals surface area contributed by atoms with Gasteiger partial charge in [-0.25, -0.2) is 0 Å². The van der Waals surface area contributed by atoms with Gasteiger partial charge in [-0.05, 0) is 57.3 Å². The lowest BCUT2D eigenvalue weighted by molar-refractivity contribution is 0.579. The first-order valence-corrected chi connectivity index (χ1v) is 7.15. The van der Waals surface area contributed by atoms with E-state index in [-0.39, 0.29) is 0 Å². The van der Waals surface area contributed by atoms with Crippen molar-refractivity contribution >= 4 is 10.9 Å². The third-order valence-electron chi connectivity index (χ3n) is 4.09. The van der Waals surface area contributed by atoms with E-state index in [0.717, 1.165) is 13.1 Å². The minimum atomic E-state index is 1.10. The van der Waals surface area contributed by atoms with Crippen LogP contribution in [0.3, 0.4) is 0 Å². The molecule has 0 spiro atoms. The molecule has 0 bridgehead atoms. The highest BCUT2D eigenvalue weighted by molar-refractivity contribution is 5.85. The Morgan fingerprint density at radius 2 is 2.00 bits per heavy atom. The number of fused-ring (bicyclic) bond motifs is 3. The summed E-state index contributed by atoms with van der Waals surface area (Å²) in [6.07, 6.45) is 6.47. The molecule has 2 nitrogen and oxygen atoms in total. The Balaban J connectivity index is 2.04. The number of nitrogens with one attached hydrogen (secondary N) is 1. The molecule has 96 valence electrons. The van der Waals surface area contributed by atoms with E-state index in [1.54, 1.807) is 11.3 Å². The number of nitrogens with zero attached hydrogens (tertiary/aromatic N) is 1. The Kier molecular flexibility index (Phi) is 3.37. The number of hydrogen-bond donors (Lipinski definition) is 1. The second-order valence-corrected chi connectivity index (χ2v) is 5.26. The standard InChI is InChI=1S/C16H22N2/c1-17-11-6-12-18-15-9-4-2-7-13(15)14-8-3-5-10-16(14)18/h2,4,7,9,17H,3,5-6,8,10-12H2,1H3. The van der Waals surface area contributed by atoms with Gasteiger partial charge in [-0.3, -0.25) is 0 Å². The second-order valence-electron chi connectivity index (χ2n) is 5.26. The molecule has 1 heterocycles. The Morgan fingerprint density at radius 3 is 2.89 bits per heavy atom. The van der Waals surface area contributed by atoms with Gasteiger partial charge >= 0.3 is 0 Å². The molecule has 1 aliphatic carbocycles. The molecule has 1 aliphatic rings. The molecule has 0 amide bonds. The molecule has 0 aliphatic heterocycles. The summed E-state index contributed by atoms with van der Waals surface area (Å²) in [4.78, 5) is 0. The van der Waals surface area contributed by atoms with Crippen LogP contribution in [0, 0.1) is 0 Å². The Morgan fingerprint density at radius 1 is 1.17 bits per heavy atom. The first-order valence-electron chi connectivity index (χ1n) is 7.15. The molecule has 0 radical (unpaired) electrons. The molecule has 1 aromatic heterocycles. The van der Waals surface area contributed by atoms with Crippen LogP contribution in [0.1, 0.15) is 30.5 Å². The van der Waals surface area contributed by atoms with E-state index in [1.165, 1.54) is 43.0 Å². The third kappa shape index (κ3) is 1.95. The van der Waals surface area contributed by atoms with Crippen LogP contribution in [0.5, 0.6) is 0 Å². The van der Waals surface area contributed by atoms with Crippen LogP contribution in [-0.4, -0.2) is 18.2 Å². The fraction of sp³-hybridized carbons (Fsp3) is 0.500. The highest BCUT2D eigenvalue weighted by Gasteiger charge is 2.18. The summed E-state index contributed by atoms with van der Waals surface area (Å²) in [5.41, 5.74) is 4.68. The second kappa shape index (κ2) is 5.15. The lowest BCUT2D eigenvalue weighted by Crippen LogP contribution is -2.13. The van der Waals surface area contributed by atoms with Crippen molar-refractivity contribution in [3.05, 3.63) is 35.5 Å². The molecule has 0 fully saturated rings. The topological polar surface area (TPSA) is 17.0 Å². The summed E-state index contributed by atoms with van der Waals surface area (Å²) in [5.74, 6) is 0. The van der Waals surface area contributed by atoms with Crippen LogP contribution >= 0.6 is 0 Å². The smallest absolute Gasteiger partial charge is 0.0485 e. The van der Waals surface area contributed by atoms with Gasteiger partial charge in [0.05, 0.1) is 0 Å². The number of rotatable bonds is 4. The molecule has 0 unspecified atom stereocenters. The van der Waals surface area contributed by atoms with Crippen molar-refractivity contribution in [1.82, 2.24) is 9.88 Å². The van der Waals surface area contributed by atoms with Crippen molar-refractivity contribution in [3.63, 3.8) is 0 Å². The average Bonchev–Trinajstić information content (AvgIpc) is 2.74. The van der Waals surface area contributed by atoms with E-state index in [9.17, 15) is 0 Å². The number of para-hydroxylation sites is 1. The molecule has 1 N–H and O–H groups in total. The first kappa shape index (κ1) is 11.8. The van der Waals surface area contributed by atoms with Crippen molar-refractivity contribution in [1.29, 1.82) is 0 Å². The molecular formula is C16H22N2. The molecule has 1 aromatic carbocycles. The van der Waals surface area contributed by atoms with Gasteiger partial charge in [0.1, 0.15) is 0 Å². The summed E-state index contributed by atoms with van der Waals surface area (Å²) >= 11 is 0. The van der Waals surface area contributed by atoms with Crippen molar-refractivity contribution < 1.29 is 0 Å². The maximum absolute atomic E-state index is 3.24. The maximum Gasteiger partial charge on any atom is 0.0485 e. The van der Waals surface area contributed by atoms with Crippen molar-refractivity contribution in [2.24, 2.45) is 0 Å². The van der Waals surface area contributed by atoms with Crippen LogP contribution in [0.4, 0.5) is 0 Å². The van der Waals surface area contributed by atoms with Crippen LogP contribution in [0.15, 0.2) is 24.3 Å². The summed E-state index contributed by atoms with van der Waals surface area (Å²) in [7, 11) is 2.03. The van der Waals surface area contributed by atoms with Gasteiger partial charge in [0.25, 0.3) is 0 Å². The monoisotopic (exact) mass is 242 g/mol. The first-order chi connectivity index (χ1) is 8.92. The van der Waals surface area contributed by atoms with E-state index in [0.29, 0.717) is 0 Å². The average molecular weight is 242 g/mol. The highest BCUT2D eigenvalue weighted by atomic mass is 15.0. The van der Waals surface area contributed by atoms with Crippen molar-refractivity contribution in [2.75, 3.05) is 13.6 Å². The minimum Gasteiger partial charge on any atom is -0.344 e. The van der Waals surface area contributed by atoms with E-state index in [4.69, 9.17) is 0 Å². The van der Waals surface area contributed by atoms with Crippen molar-refractivity contribution in [3.8, 4) is 0 Å². The maximum atomic E-state index is 3.24. The SMILES string of the molecule is CNCCCn1c2c(c3ccccc31)CCCC2. The summed E-state index contributed by atoms with van der Waals surface area (Å²) in [5, 5.41) is 4.74. The van der Waals surface area contributed by atoms with Gasteiger partial charge in [0.15, 0.2) is 0 Å². The van der Waals surface area contributed by atoms with Gasteiger partial charge < -0.3 is 9.88 Å². The van der Waals surface area contributed by atoms with Gasteiger partial charge in [0.2, 0.25) is 0 Å². The van der Waals surface area contributed by atoms with Crippen molar-refractivity contribution in [2.45, 2.75) is 38.6 Å². The predicted octanol–water partition coefficient (Wildman–Crippen LogP) is 3.13. The Bertz CT molecular complexity index is 539. The zero-order chi connectivity index (χ0) is 12.4. The Labute approximate surface area is 109 Å². The molecule has 0 saturated carbocycles. The number of benzene rings is 1. The highest BCUT2D eigenvalue weighted by Crippen LogP contribution is 2.32. The lowest BCUT2D eigenvalue weighted by Gasteiger charge is -2.16. The zero-order valence-electron chi connectivity index (χ0n) is 11.2. The summed E-state index contributed by atoms with van der Waals surface area (Å²) in [6.45, 7) is 2.25. The van der Waals surface area contributed by atoms with E-state index in [2.05, 4.69) is 34.1 Å². The summed E-state index contributed by atoms with van der Waals surface area (Å²) in [6, 6.07) is 8.93. The third-order valence-corrected chi connectivity index (χ3v) is 4.09. The van der Waals surface area contributed by atoms with Crippen LogP contribution < -0.4 is 5.32 Å². The van der Waals surface area contributed by atoms with Gasteiger partial charge in [-0.2, -0.15) is 0 Å². The fourth-order valence-electron chi connectivity index (χ4n) is 3.26. The molecule has 0 atom stereocenters. The van der Waals surface area contributed by atoms with E-state index in [1.807, 2.05) is 7.05 Å². The molecule has 2 aromatic rings. The number of aromatic nitrogens is 1. The fourth-order valence-corrected chi connectivity index (χ4v) is 3.26. The largest absolute Gasteiger partial charge is 0.344 e. The predicted molar refractivity (Wildman–Crippen MR) is 77.1 cm³/mol. The molecule has 18 heavy (non-hydrogen) atoms. The molecule has 3 rings (SSSR count). The molecule has 0 saturated heterocycles. The normalized spacial score (nSPS) is 14.9. The zero-order valence-corrected chi connectivity index (χ0v) is 11.2. The number of hydrogen-bond acceptors (Lipinski definition) is 1. The van der Waals surface area contributed by atoms with Gasteiger partial charge in [-0.1, -0.05) is 18.2 Å². The van der Waals surface area contributed by atoms with Gasteiger partial charge in [-0.15, -0.1) is 0 Å².